The molecule has 3 nitrogen and oxygen atoms in total. The molecule has 0 aliphatic carbocycles. The molecule has 1 atom stereocenters. The number of rotatable bonds is 7. The van der Waals surface area contributed by atoms with Crippen LogP contribution in [0.25, 0.3) is 32.3 Å². The molecule has 0 aromatic heterocycles. The fourth-order valence-electron chi connectivity index (χ4n) is 3.95. The van der Waals surface area contributed by atoms with E-state index in [2.05, 4.69) is 60.8 Å². The van der Waals surface area contributed by atoms with Crippen molar-refractivity contribution in [2.45, 2.75) is 45.1 Å². The van der Waals surface area contributed by atoms with Crippen LogP contribution in [0.5, 0.6) is 0 Å². The highest BCUT2D eigenvalue weighted by molar-refractivity contribution is 6.25. The van der Waals surface area contributed by atoms with Crippen molar-refractivity contribution in [1.29, 1.82) is 0 Å². The normalized spacial score (nSPS) is 12.8. The Bertz CT molecular complexity index is 1070. The molecule has 0 saturated heterocycles. The van der Waals surface area contributed by atoms with Crippen LogP contribution in [0.4, 0.5) is 5.69 Å². The second-order valence-electron chi connectivity index (χ2n) is 7.43. The molecule has 4 aromatic rings. The molecular weight excluding hydrogens is 332 g/mol. The summed E-state index contributed by atoms with van der Waals surface area (Å²) in [5, 5.41) is 10.4. The highest BCUT2D eigenvalue weighted by Crippen LogP contribution is 2.37. The van der Waals surface area contributed by atoms with Crippen LogP contribution in [0.1, 0.15) is 39.0 Å². The Morgan fingerprint density at radius 3 is 2.33 bits per heavy atom. The molecule has 0 heterocycles. The van der Waals surface area contributed by atoms with E-state index in [1.807, 2.05) is 6.07 Å². The van der Waals surface area contributed by atoms with Gasteiger partial charge in [-0.15, -0.1) is 0 Å². The zero-order valence-electron chi connectivity index (χ0n) is 15.8. The molecule has 0 radical (unpaired) electrons. The second kappa shape index (κ2) is 7.53. The van der Waals surface area contributed by atoms with Crippen LogP contribution in [0, 0.1) is 0 Å². The summed E-state index contributed by atoms with van der Waals surface area (Å²) >= 11 is 0. The van der Waals surface area contributed by atoms with E-state index in [1.165, 1.54) is 26.9 Å². The van der Waals surface area contributed by atoms with Crippen molar-refractivity contribution in [2.75, 3.05) is 5.32 Å². The maximum atomic E-state index is 12.4. The van der Waals surface area contributed by atoms with Gasteiger partial charge in [-0.3, -0.25) is 4.79 Å². The molecule has 0 spiro atoms. The third kappa shape index (κ3) is 3.47. The lowest BCUT2D eigenvalue weighted by atomic mass is 9.93. The van der Waals surface area contributed by atoms with E-state index >= 15 is 0 Å². The summed E-state index contributed by atoms with van der Waals surface area (Å²) < 4.78 is 0. The standard InChI is InChI=1S/C24H26N2O/c1-2-19(25)8-3-4-9-22(27)26-21-15-13-18-11-10-16-6-5-7-17-12-14-20(21)24(18)23(16)17/h5-7,10-15,19H,2-4,8-9,25H2,1H3,(H,26,27). The summed E-state index contributed by atoms with van der Waals surface area (Å²) in [4.78, 5) is 12.4. The third-order valence-corrected chi connectivity index (χ3v) is 5.56. The van der Waals surface area contributed by atoms with Gasteiger partial charge in [0.25, 0.3) is 0 Å². The SMILES string of the molecule is CCC(N)CCCCC(=O)Nc1ccc2ccc3cccc4ccc1c2c34. The van der Waals surface area contributed by atoms with Crippen LogP contribution >= 0.6 is 0 Å². The smallest absolute Gasteiger partial charge is 0.224 e. The minimum absolute atomic E-state index is 0.0788. The monoisotopic (exact) mass is 358 g/mol. The molecule has 4 rings (SSSR count). The average molecular weight is 358 g/mol. The molecule has 3 N–H and O–H groups in total. The summed E-state index contributed by atoms with van der Waals surface area (Å²) in [5.74, 6) is 0.0788. The summed E-state index contributed by atoms with van der Waals surface area (Å²) in [6.07, 6.45) is 4.40. The highest BCUT2D eigenvalue weighted by atomic mass is 16.1. The van der Waals surface area contributed by atoms with Gasteiger partial charge in [0.05, 0.1) is 0 Å². The number of nitrogens with one attached hydrogen (secondary N) is 1. The second-order valence-corrected chi connectivity index (χ2v) is 7.43. The summed E-state index contributed by atoms with van der Waals surface area (Å²) in [6, 6.07) is 19.4. The van der Waals surface area contributed by atoms with Crippen molar-refractivity contribution in [1.82, 2.24) is 0 Å². The topological polar surface area (TPSA) is 55.1 Å². The lowest BCUT2D eigenvalue weighted by Crippen LogP contribution is -2.18. The number of amides is 1. The van der Waals surface area contributed by atoms with E-state index in [4.69, 9.17) is 5.73 Å². The predicted octanol–water partition coefficient (Wildman–Crippen LogP) is 5.82. The minimum Gasteiger partial charge on any atom is -0.328 e. The highest BCUT2D eigenvalue weighted by Gasteiger charge is 2.12. The quantitative estimate of drug-likeness (QED) is 0.323. The summed E-state index contributed by atoms with van der Waals surface area (Å²) in [6.45, 7) is 2.10. The fraction of sp³-hybridized carbons (Fsp3) is 0.292. The Hall–Kier alpha value is -2.65. The van der Waals surface area contributed by atoms with Crippen LogP contribution in [0.3, 0.4) is 0 Å². The lowest BCUT2D eigenvalue weighted by molar-refractivity contribution is -0.116. The zero-order chi connectivity index (χ0) is 18.8. The average Bonchev–Trinajstić information content (AvgIpc) is 2.70. The Labute approximate surface area is 159 Å². The van der Waals surface area contributed by atoms with Gasteiger partial charge in [0.15, 0.2) is 0 Å². The number of unbranched alkanes of at least 4 members (excludes halogenated alkanes) is 1. The van der Waals surface area contributed by atoms with Crippen molar-refractivity contribution in [2.24, 2.45) is 5.73 Å². The molecule has 1 amide bonds. The minimum atomic E-state index is 0.0788. The molecule has 4 aromatic carbocycles. The molecular formula is C24H26N2O. The Balaban J connectivity index is 1.58. The maximum absolute atomic E-state index is 12.4. The van der Waals surface area contributed by atoms with Gasteiger partial charge >= 0.3 is 0 Å². The molecule has 0 saturated carbocycles. The van der Waals surface area contributed by atoms with Crippen LogP contribution in [-0.4, -0.2) is 11.9 Å². The first-order chi connectivity index (χ1) is 13.2. The van der Waals surface area contributed by atoms with Crippen molar-refractivity contribution >= 4 is 43.9 Å². The van der Waals surface area contributed by atoms with Crippen LogP contribution in [-0.2, 0) is 4.79 Å². The molecule has 27 heavy (non-hydrogen) atoms. The van der Waals surface area contributed by atoms with Crippen molar-refractivity contribution in [3.05, 3.63) is 54.6 Å². The van der Waals surface area contributed by atoms with E-state index < -0.39 is 0 Å². The van der Waals surface area contributed by atoms with Gasteiger partial charge in [0, 0.05) is 23.5 Å². The van der Waals surface area contributed by atoms with Gasteiger partial charge in [-0.1, -0.05) is 61.9 Å². The van der Waals surface area contributed by atoms with Gasteiger partial charge in [0.1, 0.15) is 0 Å². The zero-order valence-corrected chi connectivity index (χ0v) is 15.8. The van der Waals surface area contributed by atoms with E-state index in [-0.39, 0.29) is 11.9 Å². The molecule has 0 bridgehead atoms. The first-order valence-corrected chi connectivity index (χ1v) is 9.89. The van der Waals surface area contributed by atoms with Gasteiger partial charge in [-0.05, 0) is 52.3 Å². The first kappa shape index (κ1) is 17.7. The van der Waals surface area contributed by atoms with Gasteiger partial charge in [0.2, 0.25) is 5.91 Å². The molecule has 138 valence electrons. The first-order valence-electron chi connectivity index (χ1n) is 9.89. The third-order valence-electron chi connectivity index (χ3n) is 5.56. The van der Waals surface area contributed by atoms with Crippen LogP contribution in [0.2, 0.25) is 0 Å². The molecule has 3 heteroatoms. The van der Waals surface area contributed by atoms with E-state index in [0.717, 1.165) is 36.8 Å². The maximum Gasteiger partial charge on any atom is 0.224 e. The number of hydrogen-bond acceptors (Lipinski definition) is 2. The van der Waals surface area contributed by atoms with Crippen molar-refractivity contribution in [3.63, 3.8) is 0 Å². The molecule has 1 unspecified atom stereocenters. The lowest BCUT2D eigenvalue weighted by Gasteiger charge is -2.14. The van der Waals surface area contributed by atoms with Gasteiger partial charge in [-0.25, -0.2) is 0 Å². The largest absolute Gasteiger partial charge is 0.328 e. The molecule has 0 fully saturated rings. The number of carbonyl (C=O) groups is 1. The van der Waals surface area contributed by atoms with Crippen molar-refractivity contribution in [3.8, 4) is 0 Å². The number of hydrogen-bond donors (Lipinski definition) is 2. The van der Waals surface area contributed by atoms with Gasteiger partial charge < -0.3 is 11.1 Å². The molecule has 0 aliphatic heterocycles. The van der Waals surface area contributed by atoms with E-state index in [1.54, 1.807) is 0 Å². The Morgan fingerprint density at radius 2 is 1.59 bits per heavy atom. The summed E-state index contributed by atoms with van der Waals surface area (Å²) in [5.41, 5.74) is 6.85. The number of benzene rings is 4. The number of anilines is 1. The molecule has 0 aliphatic rings. The van der Waals surface area contributed by atoms with Crippen molar-refractivity contribution < 1.29 is 4.79 Å². The Kier molecular flexibility index (Phi) is 4.95. The van der Waals surface area contributed by atoms with Gasteiger partial charge in [-0.2, -0.15) is 0 Å². The Morgan fingerprint density at radius 1 is 0.926 bits per heavy atom. The fourth-order valence-corrected chi connectivity index (χ4v) is 3.95. The van der Waals surface area contributed by atoms with E-state index in [9.17, 15) is 4.79 Å². The van der Waals surface area contributed by atoms with Crippen LogP contribution < -0.4 is 11.1 Å². The summed E-state index contributed by atoms with van der Waals surface area (Å²) in [7, 11) is 0. The predicted molar refractivity (Wildman–Crippen MR) is 116 cm³/mol. The number of carbonyl (C=O) groups excluding carboxylic acids is 1. The van der Waals surface area contributed by atoms with Crippen LogP contribution in [0.15, 0.2) is 54.6 Å². The van der Waals surface area contributed by atoms with E-state index in [0.29, 0.717) is 6.42 Å². The number of nitrogens with two attached hydrogens (primary N) is 1.